The molecule has 4 rings (SSSR count). The van der Waals surface area contributed by atoms with Gasteiger partial charge < -0.3 is 9.64 Å². The normalized spacial score (nSPS) is 12.4. The quantitative estimate of drug-likeness (QED) is 0.354. The first kappa shape index (κ1) is 14.7. The number of fused-ring (bicyclic) bond motifs is 2. The average molecular weight is 363 g/mol. The molecular formula is C18H10Cl3NO. The summed E-state index contributed by atoms with van der Waals surface area (Å²) < 4.78 is 5.98. The Morgan fingerprint density at radius 1 is 0.739 bits per heavy atom. The summed E-state index contributed by atoms with van der Waals surface area (Å²) in [5, 5.41) is 1.65. The van der Waals surface area contributed by atoms with E-state index in [4.69, 9.17) is 39.5 Å². The van der Waals surface area contributed by atoms with Crippen molar-refractivity contribution in [1.29, 1.82) is 0 Å². The maximum absolute atomic E-state index is 6.46. The first-order valence-corrected chi connectivity index (χ1v) is 8.08. The maximum Gasteiger partial charge on any atom is 0.154 e. The summed E-state index contributed by atoms with van der Waals surface area (Å²) in [6.07, 6.45) is 0. The molecule has 0 saturated carbocycles. The third-order valence-corrected chi connectivity index (χ3v) is 4.36. The van der Waals surface area contributed by atoms with Crippen LogP contribution in [0.3, 0.4) is 0 Å². The molecule has 0 fully saturated rings. The van der Waals surface area contributed by atoms with Gasteiger partial charge in [-0.15, -0.1) is 0 Å². The van der Waals surface area contributed by atoms with Crippen molar-refractivity contribution >= 4 is 51.9 Å². The van der Waals surface area contributed by atoms with Gasteiger partial charge in [-0.25, -0.2) is 0 Å². The summed E-state index contributed by atoms with van der Waals surface area (Å²) in [6.45, 7) is 0. The van der Waals surface area contributed by atoms with Crippen LogP contribution in [0.25, 0.3) is 0 Å². The van der Waals surface area contributed by atoms with Crippen LogP contribution in [0.15, 0.2) is 60.7 Å². The second kappa shape index (κ2) is 5.64. The van der Waals surface area contributed by atoms with Crippen LogP contribution in [-0.2, 0) is 0 Å². The Labute approximate surface area is 148 Å². The van der Waals surface area contributed by atoms with Crippen molar-refractivity contribution in [3.63, 3.8) is 0 Å². The molecule has 3 aromatic carbocycles. The third kappa shape index (κ3) is 2.53. The van der Waals surface area contributed by atoms with Gasteiger partial charge in [0.1, 0.15) is 5.69 Å². The fourth-order valence-electron chi connectivity index (χ4n) is 2.68. The molecule has 114 valence electrons. The van der Waals surface area contributed by atoms with Crippen molar-refractivity contribution in [3.05, 3.63) is 75.7 Å². The van der Waals surface area contributed by atoms with E-state index in [1.807, 2.05) is 47.4 Å². The second-order valence-electron chi connectivity index (χ2n) is 5.12. The van der Waals surface area contributed by atoms with Gasteiger partial charge in [0.05, 0.1) is 10.7 Å². The average Bonchev–Trinajstić information content (AvgIpc) is 2.53. The molecule has 0 aliphatic carbocycles. The van der Waals surface area contributed by atoms with Crippen molar-refractivity contribution < 1.29 is 4.74 Å². The fourth-order valence-corrected chi connectivity index (χ4v) is 3.40. The predicted octanol–water partition coefficient (Wildman–Crippen LogP) is 7.22. The molecule has 0 saturated heterocycles. The second-order valence-corrected chi connectivity index (χ2v) is 6.40. The molecule has 0 radical (unpaired) electrons. The fraction of sp³-hybridized carbons (Fsp3) is 0. The van der Waals surface area contributed by atoms with E-state index in [0.717, 1.165) is 17.1 Å². The summed E-state index contributed by atoms with van der Waals surface area (Å²) in [4.78, 5) is 2.04. The van der Waals surface area contributed by atoms with Gasteiger partial charge in [0.2, 0.25) is 0 Å². The number of para-hydroxylation sites is 1. The number of anilines is 3. The minimum absolute atomic E-state index is 0.521. The molecule has 0 bridgehead atoms. The maximum atomic E-state index is 6.46. The van der Waals surface area contributed by atoms with E-state index in [-0.39, 0.29) is 0 Å². The van der Waals surface area contributed by atoms with E-state index >= 15 is 0 Å². The summed E-state index contributed by atoms with van der Waals surface area (Å²) in [6, 6.07) is 18.9. The standard InChI is InChI=1S/C18H10Cl3NO/c19-11-6-7-15-16(9-11)23-17-10-12(20)8-14(21)18(17)22(15)13-4-2-1-3-5-13/h1-10H. The summed E-state index contributed by atoms with van der Waals surface area (Å²) >= 11 is 18.7. The predicted molar refractivity (Wildman–Crippen MR) is 96.2 cm³/mol. The highest BCUT2D eigenvalue weighted by molar-refractivity contribution is 6.37. The molecule has 3 aromatic rings. The van der Waals surface area contributed by atoms with Crippen LogP contribution in [0, 0.1) is 0 Å². The van der Waals surface area contributed by atoms with Gasteiger partial charge in [-0.3, -0.25) is 0 Å². The minimum atomic E-state index is 0.521. The minimum Gasteiger partial charge on any atom is -0.453 e. The number of nitrogens with zero attached hydrogens (tertiary/aromatic N) is 1. The number of hydrogen-bond donors (Lipinski definition) is 0. The van der Waals surface area contributed by atoms with Gasteiger partial charge in [0.15, 0.2) is 11.5 Å². The number of ether oxygens (including phenoxy) is 1. The zero-order valence-electron chi connectivity index (χ0n) is 11.8. The van der Waals surface area contributed by atoms with Crippen LogP contribution in [-0.4, -0.2) is 0 Å². The number of halogens is 3. The van der Waals surface area contributed by atoms with Crippen LogP contribution in [0.1, 0.15) is 0 Å². The van der Waals surface area contributed by atoms with E-state index in [9.17, 15) is 0 Å². The van der Waals surface area contributed by atoms with Crippen LogP contribution in [0.2, 0.25) is 15.1 Å². The Bertz CT molecular complexity index is 896. The summed E-state index contributed by atoms with van der Waals surface area (Å²) in [5.74, 6) is 1.26. The molecule has 5 heteroatoms. The topological polar surface area (TPSA) is 12.5 Å². The molecule has 0 spiro atoms. The Kier molecular flexibility index (Phi) is 3.61. The van der Waals surface area contributed by atoms with Crippen LogP contribution in [0.5, 0.6) is 11.5 Å². The molecule has 1 aliphatic rings. The molecule has 1 aliphatic heterocycles. The lowest BCUT2D eigenvalue weighted by molar-refractivity contribution is 0.477. The van der Waals surface area contributed by atoms with Gasteiger partial charge in [-0.1, -0.05) is 53.0 Å². The molecule has 23 heavy (non-hydrogen) atoms. The third-order valence-electron chi connectivity index (χ3n) is 3.61. The van der Waals surface area contributed by atoms with Crippen molar-refractivity contribution in [2.24, 2.45) is 0 Å². The Balaban J connectivity index is 2.01. The zero-order valence-corrected chi connectivity index (χ0v) is 14.0. The van der Waals surface area contributed by atoms with Crippen molar-refractivity contribution in [2.45, 2.75) is 0 Å². The molecule has 0 atom stereocenters. The Morgan fingerprint density at radius 3 is 2.26 bits per heavy atom. The molecular weight excluding hydrogens is 353 g/mol. The number of rotatable bonds is 1. The molecule has 0 aromatic heterocycles. The number of hydrogen-bond acceptors (Lipinski definition) is 2. The summed E-state index contributed by atoms with van der Waals surface area (Å²) in [5.41, 5.74) is 2.61. The van der Waals surface area contributed by atoms with E-state index < -0.39 is 0 Å². The van der Waals surface area contributed by atoms with Gasteiger partial charge >= 0.3 is 0 Å². The van der Waals surface area contributed by atoms with Gasteiger partial charge in [-0.2, -0.15) is 0 Å². The lowest BCUT2D eigenvalue weighted by atomic mass is 10.1. The van der Waals surface area contributed by atoms with Gasteiger partial charge in [0, 0.05) is 27.9 Å². The van der Waals surface area contributed by atoms with E-state index in [0.29, 0.717) is 26.6 Å². The first-order chi connectivity index (χ1) is 11.1. The van der Waals surface area contributed by atoms with Crippen molar-refractivity contribution in [1.82, 2.24) is 0 Å². The zero-order chi connectivity index (χ0) is 16.0. The Morgan fingerprint density at radius 2 is 1.48 bits per heavy atom. The summed E-state index contributed by atoms with van der Waals surface area (Å²) in [7, 11) is 0. The van der Waals surface area contributed by atoms with Gasteiger partial charge in [0.25, 0.3) is 0 Å². The molecule has 2 nitrogen and oxygen atoms in total. The molecule has 0 unspecified atom stereocenters. The number of benzene rings is 3. The highest BCUT2D eigenvalue weighted by Gasteiger charge is 2.28. The highest BCUT2D eigenvalue weighted by Crippen LogP contribution is 2.54. The van der Waals surface area contributed by atoms with E-state index in [2.05, 4.69) is 0 Å². The van der Waals surface area contributed by atoms with Crippen molar-refractivity contribution in [2.75, 3.05) is 4.90 Å². The SMILES string of the molecule is Clc1ccc2c(c1)Oc1cc(Cl)cc(Cl)c1N2c1ccccc1. The van der Waals surface area contributed by atoms with Crippen LogP contribution < -0.4 is 9.64 Å². The molecule has 0 amide bonds. The van der Waals surface area contributed by atoms with E-state index in [1.54, 1.807) is 18.2 Å². The lowest BCUT2D eigenvalue weighted by Crippen LogP contribution is -2.16. The lowest BCUT2D eigenvalue weighted by Gasteiger charge is -2.33. The highest BCUT2D eigenvalue weighted by atomic mass is 35.5. The smallest absolute Gasteiger partial charge is 0.154 e. The van der Waals surface area contributed by atoms with Gasteiger partial charge in [-0.05, 0) is 30.3 Å². The van der Waals surface area contributed by atoms with Crippen molar-refractivity contribution in [3.8, 4) is 11.5 Å². The largest absolute Gasteiger partial charge is 0.453 e. The first-order valence-electron chi connectivity index (χ1n) is 6.95. The van der Waals surface area contributed by atoms with Crippen LogP contribution in [0.4, 0.5) is 17.1 Å². The van der Waals surface area contributed by atoms with Crippen LogP contribution >= 0.6 is 34.8 Å². The molecule has 0 N–H and O–H groups in total. The Hall–Kier alpha value is -1.87. The monoisotopic (exact) mass is 361 g/mol. The molecule has 1 heterocycles. The van der Waals surface area contributed by atoms with E-state index in [1.165, 1.54) is 0 Å².